The number of H-pyrrole nitrogens is 1. The minimum Gasteiger partial charge on any atom is -0.497 e. The third kappa shape index (κ3) is 4.29. The van der Waals surface area contributed by atoms with E-state index in [0.29, 0.717) is 5.16 Å². The smallest absolute Gasteiger partial charge is 0.497 e. The molecule has 0 spiro atoms. The monoisotopic (exact) mass is 483 g/mol. The van der Waals surface area contributed by atoms with Crippen LogP contribution in [0.5, 0.6) is 11.5 Å². The molecule has 0 saturated carbocycles. The minimum atomic E-state index is -1.33. The average molecular weight is 483 g/mol. The van der Waals surface area contributed by atoms with E-state index in [-0.39, 0.29) is 54.6 Å². The van der Waals surface area contributed by atoms with E-state index < -0.39 is 10.8 Å². The fraction of sp³-hybridized carbons (Fsp3) is 0.294. The summed E-state index contributed by atoms with van der Waals surface area (Å²) in [4.78, 5) is 11.9. The number of nitrogens with one attached hydrogen (secondary N) is 1. The first-order valence-electron chi connectivity index (χ1n) is 7.44. The third-order valence-corrected chi connectivity index (χ3v) is 5.06. The molecule has 8 heteroatoms. The molecule has 2 heterocycles. The Kier molecular flexibility index (Phi) is 7.12. The molecular formula is C17H19BaN3O3S+2. The number of imidazole rings is 1. The molecule has 0 saturated heterocycles. The van der Waals surface area contributed by atoms with Gasteiger partial charge in [0.05, 0.1) is 47.5 Å². The molecule has 0 bridgehead atoms. The first-order chi connectivity index (χ1) is 11.5. The summed E-state index contributed by atoms with van der Waals surface area (Å²) in [6.07, 6.45) is 1.74. The Morgan fingerprint density at radius 3 is 2.64 bits per heavy atom. The van der Waals surface area contributed by atoms with Crippen LogP contribution >= 0.6 is 0 Å². The molecule has 25 heavy (non-hydrogen) atoms. The quantitative estimate of drug-likeness (QED) is 0.566. The van der Waals surface area contributed by atoms with Gasteiger partial charge in [0.1, 0.15) is 11.5 Å². The van der Waals surface area contributed by atoms with Crippen molar-refractivity contribution in [1.29, 1.82) is 0 Å². The molecule has 6 nitrogen and oxygen atoms in total. The summed E-state index contributed by atoms with van der Waals surface area (Å²) < 4.78 is 23.3. The second kappa shape index (κ2) is 8.70. The predicted molar refractivity (Wildman–Crippen MR) is 98.8 cm³/mol. The van der Waals surface area contributed by atoms with E-state index in [1.807, 2.05) is 32.0 Å². The van der Waals surface area contributed by atoms with Crippen molar-refractivity contribution in [3.8, 4) is 11.5 Å². The molecule has 0 aliphatic carbocycles. The van der Waals surface area contributed by atoms with Gasteiger partial charge in [-0.25, -0.2) is 4.98 Å². The number of aryl methyl sites for hydroxylation is 1. The van der Waals surface area contributed by atoms with Crippen LogP contribution in [0.25, 0.3) is 11.0 Å². The summed E-state index contributed by atoms with van der Waals surface area (Å²) in [5.74, 6) is 1.79. The molecule has 0 fully saturated rings. The Labute approximate surface area is 189 Å². The largest absolute Gasteiger partial charge is 2.00 e. The van der Waals surface area contributed by atoms with Gasteiger partial charge in [-0.1, -0.05) is 0 Å². The van der Waals surface area contributed by atoms with Gasteiger partial charge in [0.15, 0.2) is 5.16 Å². The van der Waals surface area contributed by atoms with E-state index in [1.165, 1.54) is 0 Å². The molecule has 0 amide bonds. The zero-order valence-corrected chi connectivity index (χ0v) is 20.0. The van der Waals surface area contributed by atoms with Gasteiger partial charge in [-0.3, -0.25) is 9.19 Å². The second-order valence-electron chi connectivity index (χ2n) is 5.46. The van der Waals surface area contributed by atoms with Crippen molar-refractivity contribution in [1.82, 2.24) is 15.0 Å². The van der Waals surface area contributed by atoms with Crippen LogP contribution in [0.4, 0.5) is 0 Å². The molecule has 0 aliphatic rings. The standard InChI is InChI=1S/C17H19N3O3S.Ba/c1-10-8-18-15(11(2)16(10)23-4)9-24(21)17-19-13-6-5-12(22-3)7-14(13)20-17;/h5-8H,9H2,1-4H3,(H,19,20);/q;+2/t24-;/m0./s1. The van der Waals surface area contributed by atoms with Gasteiger partial charge in [0.25, 0.3) is 0 Å². The van der Waals surface area contributed by atoms with Crippen LogP contribution in [0.2, 0.25) is 0 Å². The summed E-state index contributed by atoms with van der Waals surface area (Å²) in [7, 11) is 1.91. The molecule has 0 unspecified atom stereocenters. The Morgan fingerprint density at radius 1 is 1.20 bits per heavy atom. The molecule has 3 rings (SSSR count). The maximum absolute atomic E-state index is 12.7. The van der Waals surface area contributed by atoms with Crippen LogP contribution in [0, 0.1) is 13.8 Å². The van der Waals surface area contributed by atoms with Crippen LogP contribution in [0.1, 0.15) is 16.8 Å². The van der Waals surface area contributed by atoms with Crippen LogP contribution < -0.4 is 9.47 Å². The van der Waals surface area contributed by atoms with Gasteiger partial charge in [0.2, 0.25) is 0 Å². The summed E-state index contributed by atoms with van der Waals surface area (Å²) in [5.41, 5.74) is 4.16. The average Bonchev–Trinajstić information content (AvgIpc) is 3.01. The first kappa shape index (κ1) is 20.5. The first-order valence-corrected chi connectivity index (χ1v) is 8.76. The van der Waals surface area contributed by atoms with Crippen molar-refractivity contribution in [2.75, 3.05) is 14.2 Å². The van der Waals surface area contributed by atoms with Gasteiger partial charge in [0, 0.05) is 23.4 Å². The van der Waals surface area contributed by atoms with Crippen molar-refractivity contribution in [3.63, 3.8) is 0 Å². The van der Waals surface area contributed by atoms with Crippen LogP contribution in [-0.2, 0) is 16.6 Å². The zero-order valence-electron chi connectivity index (χ0n) is 14.8. The predicted octanol–water partition coefficient (Wildman–Crippen LogP) is 2.52. The van der Waals surface area contributed by atoms with E-state index >= 15 is 0 Å². The maximum atomic E-state index is 12.7. The Hall–Kier alpha value is -0.839. The molecular weight excluding hydrogens is 464 g/mol. The van der Waals surface area contributed by atoms with Crippen LogP contribution in [0.15, 0.2) is 29.6 Å². The second-order valence-corrected chi connectivity index (χ2v) is 6.83. The molecule has 1 aromatic carbocycles. The summed E-state index contributed by atoms with van der Waals surface area (Å²) in [6.45, 7) is 3.86. The molecule has 126 valence electrons. The topological polar surface area (TPSA) is 77.1 Å². The Bertz CT molecular complexity index is 927. The van der Waals surface area contributed by atoms with Crippen molar-refractivity contribution in [2.45, 2.75) is 24.8 Å². The summed E-state index contributed by atoms with van der Waals surface area (Å²) in [6, 6.07) is 5.50. The molecule has 2 aromatic heterocycles. The zero-order chi connectivity index (χ0) is 17.3. The normalized spacial score (nSPS) is 11.8. The Balaban J connectivity index is 0.00000225. The fourth-order valence-electron chi connectivity index (χ4n) is 2.61. The SMILES string of the molecule is COc1ccc2nc([S@@](=O)Cc3ncc(C)c(OC)c3C)[nH]c2c1.[Ba+2]. The number of benzene rings is 1. The van der Waals surface area contributed by atoms with Gasteiger partial charge in [-0.15, -0.1) is 0 Å². The molecule has 3 aromatic rings. The number of nitrogens with zero attached hydrogens (tertiary/aromatic N) is 2. The fourth-order valence-corrected chi connectivity index (χ4v) is 3.71. The van der Waals surface area contributed by atoms with E-state index in [0.717, 1.165) is 39.4 Å². The third-order valence-electron chi connectivity index (χ3n) is 3.90. The number of hydrogen-bond acceptors (Lipinski definition) is 5. The summed E-state index contributed by atoms with van der Waals surface area (Å²) in [5, 5.41) is 0.430. The number of aromatic nitrogens is 3. The number of methoxy groups -OCH3 is 2. The Morgan fingerprint density at radius 2 is 1.96 bits per heavy atom. The van der Waals surface area contributed by atoms with Crippen molar-refractivity contribution in [3.05, 3.63) is 41.2 Å². The van der Waals surface area contributed by atoms with E-state index in [1.54, 1.807) is 20.4 Å². The van der Waals surface area contributed by atoms with Gasteiger partial charge in [-0.05, 0) is 26.0 Å². The van der Waals surface area contributed by atoms with Crippen molar-refractivity contribution >= 4 is 70.7 Å². The van der Waals surface area contributed by atoms with Crippen molar-refractivity contribution in [2.24, 2.45) is 0 Å². The molecule has 0 aliphatic heterocycles. The van der Waals surface area contributed by atoms with Gasteiger partial charge in [-0.2, -0.15) is 0 Å². The van der Waals surface area contributed by atoms with E-state index in [2.05, 4.69) is 15.0 Å². The maximum Gasteiger partial charge on any atom is 2.00 e. The number of rotatable bonds is 5. The number of pyridine rings is 1. The molecule has 1 atom stereocenters. The van der Waals surface area contributed by atoms with Crippen LogP contribution in [-0.4, -0.2) is 82.3 Å². The molecule has 1 N–H and O–H groups in total. The van der Waals surface area contributed by atoms with E-state index in [4.69, 9.17) is 9.47 Å². The number of fused-ring (bicyclic) bond motifs is 1. The van der Waals surface area contributed by atoms with E-state index in [9.17, 15) is 4.21 Å². The van der Waals surface area contributed by atoms with Crippen LogP contribution in [0.3, 0.4) is 0 Å². The van der Waals surface area contributed by atoms with Gasteiger partial charge >= 0.3 is 48.9 Å². The minimum absolute atomic E-state index is 0. The van der Waals surface area contributed by atoms with Crippen molar-refractivity contribution < 1.29 is 13.7 Å². The van der Waals surface area contributed by atoms with Gasteiger partial charge < -0.3 is 14.5 Å². The number of aromatic amines is 1. The molecule has 0 radical (unpaired) electrons. The number of ether oxygens (including phenoxy) is 2. The summed E-state index contributed by atoms with van der Waals surface area (Å²) >= 11 is 0. The number of hydrogen-bond donors (Lipinski definition) is 1.